The number of carbonyl (C=O) groups is 1. The Kier molecular flexibility index (Phi) is 4.35. The number of urea groups is 1. The molecule has 0 unspecified atom stereocenters. The average molecular weight is 220 g/mol. The van der Waals surface area contributed by atoms with E-state index in [9.17, 15) is 4.79 Å². The summed E-state index contributed by atoms with van der Waals surface area (Å²) in [5.74, 6) is 0. The zero-order valence-corrected chi connectivity index (χ0v) is 10.4. The van der Waals surface area contributed by atoms with Gasteiger partial charge in [0.2, 0.25) is 0 Å². The van der Waals surface area contributed by atoms with Gasteiger partial charge in [0.15, 0.2) is 0 Å². The molecule has 1 aromatic carbocycles. The summed E-state index contributed by atoms with van der Waals surface area (Å²) < 4.78 is 0. The molecule has 0 saturated heterocycles. The van der Waals surface area contributed by atoms with Crippen molar-refractivity contribution in [2.45, 2.75) is 33.4 Å². The molecule has 88 valence electrons. The Balaban J connectivity index is 2.57. The molecule has 16 heavy (non-hydrogen) atoms. The third-order valence-corrected chi connectivity index (χ3v) is 2.26. The molecule has 0 saturated carbocycles. The lowest BCUT2D eigenvalue weighted by atomic mass is 10.1. The fraction of sp³-hybridized carbons (Fsp3) is 0.462. The van der Waals surface area contributed by atoms with Crippen molar-refractivity contribution in [1.82, 2.24) is 10.2 Å². The molecule has 0 aliphatic rings. The van der Waals surface area contributed by atoms with E-state index in [2.05, 4.69) is 24.4 Å². The second kappa shape index (κ2) is 5.54. The molecule has 0 heterocycles. The molecule has 0 spiro atoms. The lowest BCUT2D eigenvalue weighted by Crippen LogP contribution is -2.40. The number of nitrogens with one attached hydrogen (secondary N) is 1. The molecule has 0 aromatic heterocycles. The molecule has 0 atom stereocenters. The molecule has 1 aromatic rings. The number of amides is 2. The summed E-state index contributed by atoms with van der Waals surface area (Å²) in [6.07, 6.45) is 0. The molecule has 0 aliphatic heterocycles. The van der Waals surface area contributed by atoms with Crippen molar-refractivity contribution in [3.05, 3.63) is 35.4 Å². The third kappa shape index (κ3) is 3.93. The van der Waals surface area contributed by atoms with Gasteiger partial charge in [0.25, 0.3) is 0 Å². The van der Waals surface area contributed by atoms with Crippen LogP contribution < -0.4 is 5.32 Å². The SMILES string of the molecule is Cc1cccc(CN(C)C(=O)NC(C)C)c1. The van der Waals surface area contributed by atoms with Crippen molar-refractivity contribution in [3.63, 3.8) is 0 Å². The number of aryl methyl sites for hydroxylation is 1. The molecule has 3 nitrogen and oxygen atoms in total. The van der Waals surface area contributed by atoms with Crippen molar-refractivity contribution in [3.8, 4) is 0 Å². The summed E-state index contributed by atoms with van der Waals surface area (Å²) in [6.45, 7) is 6.61. The van der Waals surface area contributed by atoms with Gasteiger partial charge in [-0.3, -0.25) is 0 Å². The van der Waals surface area contributed by atoms with Gasteiger partial charge in [-0.15, -0.1) is 0 Å². The van der Waals surface area contributed by atoms with Crippen LogP contribution in [0.4, 0.5) is 4.79 Å². The maximum Gasteiger partial charge on any atom is 0.317 e. The summed E-state index contributed by atoms with van der Waals surface area (Å²) in [5, 5.41) is 2.86. The Morgan fingerprint density at radius 2 is 2.12 bits per heavy atom. The molecule has 0 aliphatic carbocycles. The fourth-order valence-corrected chi connectivity index (χ4v) is 1.51. The first kappa shape index (κ1) is 12.6. The fourth-order valence-electron chi connectivity index (χ4n) is 1.51. The van der Waals surface area contributed by atoms with Gasteiger partial charge in [0, 0.05) is 19.6 Å². The van der Waals surface area contributed by atoms with Crippen molar-refractivity contribution >= 4 is 6.03 Å². The summed E-state index contributed by atoms with van der Waals surface area (Å²) in [4.78, 5) is 13.3. The van der Waals surface area contributed by atoms with Gasteiger partial charge < -0.3 is 10.2 Å². The zero-order chi connectivity index (χ0) is 12.1. The van der Waals surface area contributed by atoms with E-state index in [1.165, 1.54) is 5.56 Å². The van der Waals surface area contributed by atoms with Crippen molar-refractivity contribution in [2.75, 3.05) is 7.05 Å². The molecule has 2 amide bonds. The standard InChI is InChI=1S/C13H20N2O/c1-10(2)14-13(16)15(4)9-12-7-5-6-11(3)8-12/h5-8,10H,9H2,1-4H3,(H,14,16). The zero-order valence-electron chi connectivity index (χ0n) is 10.4. The highest BCUT2D eigenvalue weighted by molar-refractivity contribution is 5.74. The third-order valence-electron chi connectivity index (χ3n) is 2.26. The van der Waals surface area contributed by atoms with E-state index in [1.54, 1.807) is 11.9 Å². The van der Waals surface area contributed by atoms with Crippen LogP contribution in [0.15, 0.2) is 24.3 Å². The number of benzene rings is 1. The Morgan fingerprint density at radius 3 is 2.69 bits per heavy atom. The summed E-state index contributed by atoms with van der Waals surface area (Å²) in [6, 6.07) is 8.34. The Bertz CT molecular complexity index is 361. The predicted molar refractivity (Wildman–Crippen MR) is 66.3 cm³/mol. The highest BCUT2D eigenvalue weighted by atomic mass is 16.2. The topological polar surface area (TPSA) is 32.3 Å². The minimum atomic E-state index is -0.0310. The van der Waals surface area contributed by atoms with Crippen LogP contribution in [0.2, 0.25) is 0 Å². The minimum Gasteiger partial charge on any atom is -0.336 e. The van der Waals surface area contributed by atoms with Crippen LogP contribution >= 0.6 is 0 Å². The van der Waals surface area contributed by atoms with Crippen LogP contribution in [0, 0.1) is 6.92 Å². The lowest BCUT2D eigenvalue weighted by molar-refractivity contribution is 0.204. The number of nitrogens with zero attached hydrogens (tertiary/aromatic N) is 1. The van der Waals surface area contributed by atoms with Crippen LogP contribution in [0.5, 0.6) is 0 Å². The first-order valence-corrected chi connectivity index (χ1v) is 5.56. The van der Waals surface area contributed by atoms with Gasteiger partial charge in [-0.25, -0.2) is 4.79 Å². The van der Waals surface area contributed by atoms with Crippen LogP contribution in [-0.4, -0.2) is 24.0 Å². The molecular weight excluding hydrogens is 200 g/mol. The largest absolute Gasteiger partial charge is 0.336 e. The van der Waals surface area contributed by atoms with E-state index in [0.717, 1.165) is 5.56 Å². The van der Waals surface area contributed by atoms with E-state index in [0.29, 0.717) is 6.54 Å². The highest BCUT2D eigenvalue weighted by Gasteiger charge is 2.09. The summed E-state index contributed by atoms with van der Waals surface area (Å²) in [7, 11) is 1.81. The van der Waals surface area contributed by atoms with Crippen molar-refractivity contribution in [1.29, 1.82) is 0 Å². The minimum absolute atomic E-state index is 0.0310. The molecule has 3 heteroatoms. The Hall–Kier alpha value is -1.51. The maximum atomic E-state index is 11.7. The number of carbonyl (C=O) groups excluding carboxylic acids is 1. The first-order chi connectivity index (χ1) is 7.49. The van der Waals surface area contributed by atoms with Gasteiger partial charge in [-0.2, -0.15) is 0 Å². The number of rotatable bonds is 3. The van der Waals surface area contributed by atoms with Crippen LogP contribution in [0.3, 0.4) is 0 Å². The quantitative estimate of drug-likeness (QED) is 0.834. The molecule has 0 fully saturated rings. The first-order valence-electron chi connectivity index (χ1n) is 5.56. The van der Waals surface area contributed by atoms with E-state index in [-0.39, 0.29) is 12.1 Å². The van der Waals surface area contributed by atoms with Gasteiger partial charge >= 0.3 is 6.03 Å². The second-order valence-electron chi connectivity index (χ2n) is 4.45. The van der Waals surface area contributed by atoms with Gasteiger partial charge in [-0.05, 0) is 26.3 Å². The van der Waals surface area contributed by atoms with E-state index < -0.39 is 0 Å². The Morgan fingerprint density at radius 1 is 1.44 bits per heavy atom. The van der Waals surface area contributed by atoms with Gasteiger partial charge in [0.1, 0.15) is 0 Å². The second-order valence-corrected chi connectivity index (χ2v) is 4.45. The van der Waals surface area contributed by atoms with Crippen molar-refractivity contribution < 1.29 is 4.79 Å². The normalized spacial score (nSPS) is 10.3. The molecule has 1 N–H and O–H groups in total. The molecular formula is C13H20N2O. The molecule has 1 rings (SSSR count). The predicted octanol–water partition coefficient (Wildman–Crippen LogP) is 2.54. The Labute approximate surface area is 97.5 Å². The van der Waals surface area contributed by atoms with E-state index in [4.69, 9.17) is 0 Å². The van der Waals surface area contributed by atoms with Crippen LogP contribution in [0.1, 0.15) is 25.0 Å². The lowest BCUT2D eigenvalue weighted by Gasteiger charge is -2.19. The molecule has 0 radical (unpaired) electrons. The average Bonchev–Trinajstić information content (AvgIpc) is 2.16. The van der Waals surface area contributed by atoms with Crippen LogP contribution in [-0.2, 0) is 6.54 Å². The summed E-state index contributed by atoms with van der Waals surface area (Å²) in [5.41, 5.74) is 2.37. The van der Waals surface area contributed by atoms with Crippen LogP contribution in [0.25, 0.3) is 0 Å². The van der Waals surface area contributed by atoms with Crippen molar-refractivity contribution in [2.24, 2.45) is 0 Å². The molecule has 0 bridgehead atoms. The van der Waals surface area contributed by atoms with Gasteiger partial charge in [-0.1, -0.05) is 29.8 Å². The number of hydrogen-bond donors (Lipinski definition) is 1. The monoisotopic (exact) mass is 220 g/mol. The summed E-state index contributed by atoms with van der Waals surface area (Å²) >= 11 is 0. The highest BCUT2D eigenvalue weighted by Crippen LogP contribution is 2.06. The van der Waals surface area contributed by atoms with Gasteiger partial charge in [0.05, 0.1) is 0 Å². The van der Waals surface area contributed by atoms with E-state index in [1.807, 2.05) is 26.0 Å². The van der Waals surface area contributed by atoms with E-state index >= 15 is 0 Å². The smallest absolute Gasteiger partial charge is 0.317 e. The number of hydrogen-bond acceptors (Lipinski definition) is 1. The maximum absolute atomic E-state index is 11.7.